The summed E-state index contributed by atoms with van der Waals surface area (Å²) in [6.45, 7) is 7.80. The Balaban J connectivity index is 3.97. The highest BCUT2D eigenvalue weighted by Gasteiger charge is 2.21. The van der Waals surface area contributed by atoms with Crippen molar-refractivity contribution < 1.29 is 14.3 Å². The first kappa shape index (κ1) is 16.1. The number of carbonyl (C=O) groups is 2. The molecule has 0 saturated heterocycles. The highest BCUT2D eigenvalue weighted by Crippen LogP contribution is 2.13. The summed E-state index contributed by atoms with van der Waals surface area (Å²) in [5, 5.41) is 0. The van der Waals surface area contributed by atoms with Crippen molar-refractivity contribution in [3.8, 4) is 0 Å². The average molecular weight is 242 g/mol. The van der Waals surface area contributed by atoms with Crippen LogP contribution in [0.4, 0.5) is 0 Å². The van der Waals surface area contributed by atoms with Crippen molar-refractivity contribution in [2.24, 2.45) is 11.8 Å². The van der Waals surface area contributed by atoms with Gasteiger partial charge in [0.15, 0.2) is 0 Å². The van der Waals surface area contributed by atoms with E-state index in [1.54, 1.807) is 0 Å². The molecule has 0 aliphatic rings. The van der Waals surface area contributed by atoms with Crippen LogP contribution in [0.2, 0.25) is 0 Å². The van der Waals surface area contributed by atoms with Crippen LogP contribution in [-0.4, -0.2) is 11.9 Å². The Morgan fingerprint density at radius 3 is 1.53 bits per heavy atom. The highest BCUT2D eigenvalue weighted by atomic mass is 16.6. The molecule has 3 nitrogen and oxygen atoms in total. The minimum absolute atomic E-state index is 0.169. The summed E-state index contributed by atoms with van der Waals surface area (Å²) in [6, 6.07) is 0. The molecule has 0 heterocycles. The van der Waals surface area contributed by atoms with E-state index in [0.29, 0.717) is 0 Å². The molecule has 0 fully saturated rings. The summed E-state index contributed by atoms with van der Waals surface area (Å²) in [6.07, 6.45) is 5.69. The van der Waals surface area contributed by atoms with Crippen molar-refractivity contribution in [2.75, 3.05) is 0 Å². The molecule has 17 heavy (non-hydrogen) atoms. The van der Waals surface area contributed by atoms with Gasteiger partial charge < -0.3 is 4.74 Å². The lowest BCUT2D eigenvalue weighted by molar-refractivity contribution is -0.165. The van der Waals surface area contributed by atoms with Gasteiger partial charge in [0.05, 0.1) is 11.8 Å². The minimum atomic E-state index is -0.369. The molecule has 0 aliphatic heterocycles. The molecule has 0 amide bonds. The van der Waals surface area contributed by atoms with Crippen molar-refractivity contribution in [1.29, 1.82) is 0 Å². The first-order chi connectivity index (χ1) is 8.02. The maximum Gasteiger partial charge on any atom is 0.316 e. The molecule has 2 atom stereocenters. The van der Waals surface area contributed by atoms with Crippen molar-refractivity contribution in [2.45, 2.75) is 66.2 Å². The molecule has 0 aromatic rings. The summed E-state index contributed by atoms with van der Waals surface area (Å²) in [4.78, 5) is 23.2. The van der Waals surface area contributed by atoms with Gasteiger partial charge in [-0.15, -0.1) is 0 Å². The molecule has 0 rings (SSSR count). The molecule has 2 unspecified atom stereocenters. The minimum Gasteiger partial charge on any atom is -0.393 e. The zero-order valence-corrected chi connectivity index (χ0v) is 11.6. The molecule has 0 N–H and O–H groups in total. The van der Waals surface area contributed by atoms with Crippen LogP contribution >= 0.6 is 0 Å². The van der Waals surface area contributed by atoms with Gasteiger partial charge in [0.2, 0.25) is 0 Å². The highest BCUT2D eigenvalue weighted by molar-refractivity contribution is 5.87. The van der Waals surface area contributed by atoms with Crippen LogP contribution in [-0.2, 0) is 14.3 Å². The predicted octanol–water partition coefficient (Wildman–Crippen LogP) is 3.71. The van der Waals surface area contributed by atoms with Gasteiger partial charge in [0.25, 0.3) is 0 Å². The Hall–Kier alpha value is -0.860. The molecule has 3 heteroatoms. The largest absolute Gasteiger partial charge is 0.393 e. The molecular formula is C14H26O3. The first-order valence-electron chi connectivity index (χ1n) is 6.78. The number of unbranched alkanes of at least 4 members (excludes halogenated alkanes) is 2. The van der Waals surface area contributed by atoms with Gasteiger partial charge in [0, 0.05) is 0 Å². The maximum absolute atomic E-state index is 11.6. The van der Waals surface area contributed by atoms with E-state index in [9.17, 15) is 9.59 Å². The number of rotatable bonds is 8. The third-order valence-electron chi connectivity index (χ3n) is 2.99. The second-order valence-electron chi connectivity index (χ2n) is 4.83. The number of hydrogen-bond acceptors (Lipinski definition) is 3. The van der Waals surface area contributed by atoms with Crippen LogP contribution in [0.3, 0.4) is 0 Å². The van der Waals surface area contributed by atoms with Crippen LogP contribution in [0.25, 0.3) is 0 Å². The fourth-order valence-electron chi connectivity index (χ4n) is 1.56. The Morgan fingerprint density at radius 1 is 0.882 bits per heavy atom. The van der Waals surface area contributed by atoms with E-state index in [-0.39, 0.29) is 23.8 Å². The lowest BCUT2D eigenvalue weighted by atomic mass is 10.0. The smallest absolute Gasteiger partial charge is 0.316 e. The SMILES string of the molecule is CCCCC(C)C(=O)OC(=O)C(C)CCCC. The van der Waals surface area contributed by atoms with Gasteiger partial charge in [-0.25, -0.2) is 0 Å². The predicted molar refractivity (Wildman–Crippen MR) is 68.5 cm³/mol. The van der Waals surface area contributed by atoms with E-state index in [2.05, 4.69) is 13.8 Å². The van der Waals surface area contributed by atoms with Gasteiger partial charge >= 0.3 is 11.9 Å². The van der Waals surface area contributed by atoms with Crippen LogP contribution in [0, 0.1) is 11.8 Å². The molecule has 0 saturated carbocycles. The number of hydrogen-bond donors (Lipinski definition) is 0. The first-order valence-corrected chi connectivity index (χ1v) is 6.78. The Bertz CT molecular complexity index is 212. The van der Waals surface area contributed by atoms with Crippen LogP contribution in [0.1, 0.15) is 66.2 Å². The van der Waals surface area contributed by atoms with E-state index in [4.69, 9.17) is 4.74 Å². The quantitative estimate of drug-likeness (QED) is 0.481. The second-order valence-corrected chi connectivity index (χ2v) is 4.83. The number of esters is 2. The number of carbonyl (C=O) groups excluding carboxylic acids is 2. The van der Waals surface area contributed by atoms with Crippen molar-refractivity contribution in [3.63, 3.8) is 0 Å². The summed E-state index contributed by atoms with van der Waals surface area (Å²) in [7, 11) is 0. The second kappa shape index (κ2) is 9.20. The molecule has 0 aromatic carbocycles. The molecule has 0 radical (unpaired) electrons. The topological polar surface area (TPSA) is 43.4 Å². The summed E-state index contributed by atoms with van der Waals surface area (Å²) < 4.78 is 4.89. The van der Waals surface area contributed by atoms with Gasteiger partial charge in [0.1, 0.15) is 0 Å². The van der Waals surface area contributed by atoms with Gasteiger partial charge in [-0.1, -0.05) is 53.4 Å². The molecular weight excluding hydrogens is 216 g/mol. The molecule has 100 valence electrons. The maximum atomic E-state index is 11.6. The Labute approximate surface area is 105 Å². The average Bonchev–Trinajstić information content (AvgIpc) is 2.32. The van der Waals surface area contributed by atoms with Gasteiger partial charge in [-0.3, -0.25) is 9.59 Å². The van der Waals surface area contributed by atoms with Gasteiger partial charge in [-0.2, -0.15) is 0 Å². The van der Waals surface area contributed by atoms with Crippen molar-refractivity contribution in [3.05, 3.63) is 0 Å². The number of ether oxygens (including phenoxy) is 1. The summed E-state index contributed by atoms with van der Waals surface area (Å²) in [5.41, 5.74) is 0. The monoisotopic (exact) mass is 242 g/mol. The molecule has 0 aliphatic carbocycles. The van der Waals surface area contributed by atoms with Crippen molar-refractivity contribution >= 4 is 11.9 Å². The zero-order valence-electron chi connectivity index (χ0n) is 11.6. The fraction of sp³-hybridized carbons (Fsp3) is 0.857. The normalized spacial score (nSPS) is 14.1. The zero-order chi connectivity index (χ0) is 13.3. The van der Waals surface area contributed by atoms with Gasteiger partial charge in [-0.05, 0) is 12.8 Å². The van der Waals surface area contributed by atoms with E-state index >= 15 is 0 Å². The lowest BCUT2D eigenvalue weighted by Gasteiger charge is -2.12. The third-order valence-corrected chi connectivity index (χ3v) is 2.99. The standard InChI is InChI=1S/C14H26O3/c1-5-7-9-11(3)13(15)17-14(16)12(4)10-8-6-2/h11-12H,5-10H2,1-4H3. The fourth-order valence-corrected chi connectivity index (χ4v) is 1.56. The Kier molecular flexibility index (Phi) is 8.73. The van der Waals surface area contributed by atoms with Crippen LogP contribution in [0.5, 0.6) is 0 Å². The van der Waals surface area contributed by atoms with Crippen molar-refractivity contribution in [1.82, 2.24) is 0 Å². The van der Waals surface area contributed by atoms with Crippen LogP contribution < -0.4 is 0 Å². The lowest BCUT2D eigenvalue weighted by Crippen LogP contribution is -2.23. The van der Waals surface area contributed by atoms with E-state index in [1.165, 1.54) is 0 Å². The van der Waals surface area contributed by atoms with Crippen LogP contribution in [0.15, 0.2) is 0 Å². The van der Waals surface area contributed by atoms with E-state index < -0.39 is 0 Å². The molecule has 0 aromatic heterocycles. The van der Waals surface area contributed by atoms with E-state index in [1.807, 2.05) is 13.8 Å². The summed E-state index contributed by atoms with van der Waals surface area (Å²) >= 11 is 0. The molecule has 0 spiro atoms. The van der Waals surface area contributed by atoms with E-state index in [0.717, 1.165) is 38.5 Å². The third kappa shape index (κ3) is 7.14. The molecule has 0 bridgehead atoms. The Morgan fingerprint density at radius 2 is 1.24 bits per heavy atom. The summed E-state index contributed by atoms with van der Waals surface area (Å²) in [5.74, 6) is -1.08.